The number of carbonyl (C=O) groups excluding carboxylic acids is 2. The van der Waals surface area contributed by atoms with Gasteiger partial charge in [-0.2, -0.15) is 0 Å². The van der Waals surface area contributed by atoms with Gasteiger partial charge in [-0.3, -0.25) is 9.59 Å². The van der Waals surface area contributed by atoms with E-state index >= 15 is 0 Å². The van der Waals surface area contributed by atoms with Crippen LogP contribution in [0.25, 0.3) is 0 Å². The predicted octanol–water partition coefficient (Wildman–Crippen LogP) is 4.20. The third kappa shape index (κ3) is 4.22. The number of anilines is 1. The molecule has 2 aromatic rings. The fraction of sp³-hybridized carbons (Fsp3) is 0.300. The van der Waals surface area contributed by atoms with Crippen molar-refractivity contribution in [1.82, 2.24) is 4.90 Å². The first-order valence-electron chi connectivity index (χ1n) is 8.19. The van der Waals surface area contributed by atoms with Crippen molar-refractivity contribution in [3.8, 4) is 0 Å². The molecular weight excluding hydrogens is 300 g/mol. The monoisotopic (exact) mass is 324 g/mol. The molecule has 0 aliphatic carbocycles. The molecule has 2 aromatic carbocycles. The largest absolute Gasteiger partial charge is 0.334 e. The lowest BCUT2D eigenvalue weighted by atomic mass is 10.1. The van der Waals surface area contributed by atoms with Crippen LogP contribution in [0.1, 0.15) is 48.4 Å². The molecule has 0 bridgehead atoms. The molecule has 4 nitrogen and oxygen atoms in total. The van der Waals surface area contributed by atoms with Crippen molar-refractivity contribution in [3.05, 3.63) is 65.7 Å². The number of amides is 2. The molecule has 2 rings (SSSR count). The Morgan fingerprint density at radius 3 is 1.79 bits per heavy atom. The van der Waals surface area contributed by atoms with Crippen molar-refractivity contribution in [2.75, 3.05) is 5.32 Å². The Kier molecular flexibility index (Phi) is 5.74. The number of para-hydroxylation sites is 1. The van der Waals surface area contributed by atoms with E-state index in [9.17, 15) is 9.59 Å². The van der Waals surface area contributed by atoms with E-state index in [1.165, 1.54) is 0 Å². The summed E-state index contributed by atoms with van der Waals surface area (Å²) in [5, 5.41) is 2.83. The molecule has 0 fully saturated rings. The average Bonchev–Trinajstić information content (AvgIpc) is 2.55. The first-order valence-corrected chi connectivity index (χ1v) is 8.19. The molecule has 0 saturated carbocycles. The zero-order valence-electron chi connectivity index (χ0n) is 14.6. The maximum atomic E-state index is 12.6. The van der Waals surface area contributed by atoms with E-state index < -0.39 is 0 Å². The summed E-state index contributed by atoms with van der Waals surface area (Å²) in [5.41, 5.74) is 1.86. The first kappa shape index (κ1) is 17.7. The summed E-state index contributed by atoms with van der Waals surface area (Å²) in [7, 11) is 0. The van der Waals surface area contributed by atoms with Crippen LogP contribution in [0.5, 0.6) is 0 Å². The summed E-state index contributed by atoms with van der Waals surface area (Å²) in [6, 6.07) is 16.3. The van der Waals surface area contributed by atoms with Gasteiger partial charge < -0.3 is 10.2 Å². The lowest BCUT2D eigenvalue weighted by Crippen LogP contribution is -2.42. The summed E-state index contributed by atoms with van der Waals surface area (Å²) in [6.07, 6.45) is 0. The second-order valence-electron chi connectivity index (χ2n) is 6.30. The number of hydrogen-bond donors (Lipinski definition) is 1. The van der Waals surface area contributed by atoms with Crippen molar-refractivity contribution < 1.29 is 9.59 Å². The summed E-state index contributed by atoms with van der Waals surface area (Å²) >= 11 is 0. The number of nitrogens with one attached hydrogen (secondary N) is 1. The highest BCUT2D eigenvalue weighted by molar-refractivity contribution is 6.05. The van der Waals surface area contributed by atoms with E-state index in [0.29, 0.717) is 11.1 Å². The standard InChI is InChI=1S/C20H24N2O2/c1-14(2)22(15(3)4)20(24)17-12-10-16(11-13-17)19(23)21-18-8-6-5-7-9-18/h5-15H,1-4H3,(H,21,23). The van der Waals surface area contributed by atoms with Crippen LogP contribution in [0.2, 0.25) is 0 Å². The highest BCUT2D eigenvalue weighted by Crippen LogP contribution is 2.14. The van der Waals surface area contributed by atoms with E-state index in [-0.39, 0.29) is 23.9 Å². The molecule has 4 heteroatoms. The molecule has 0 saturated heterocycles. The summed E-state index contributed by atoms with van der Waals surface area (Å²) < 4.78 is 0. The maximum absolute atomic E-state index is 12.6. The van der Waals surface area contributed by atoms with E-state index in [4.69, 9.17) is 0 Å². The van der Waals surface area contributed by atoms with Gasteiger partial charge in [-0.15, -0.1) is 0 Å². The van der Waals surface area contributed by atoms with Gasteiger partial charge in [-0.25, -0.2) is 0 Å². The molecule has 0 unspecified atom stereocenters. The normalized spacial score (nSPS) is 10.8. The van der Waals surface area contributed by atoms with Gasteiger partial charge in [0.2, 0.25) is 0 Å². The second kappa shape index (κ2) is 7.77. The maximum Gasteiger partial charge on any atom is 0.255 e. The van der Waals surface area contributed by atoms with E-state index in [2.05, 4.69) is 5.32 Å². The third-order valence-corrected chi connectivity index (χ3v) is 3.77. The molecule has 0 aliphatic rings. The number of carbonyl (C=O) groups is 2. The van der Waals surface area contributed by atoms with Gasteiger partial charge in [-0.05, 0) is 64.1 Å². The van der Waals surface area contributed by atoms with Crippen LogP contribution in [0, 0.1) is 0 Å². The first-order chi connectivity index (χ1) is 11.4. The van der Waals surface area contributed by atoms with Gasteiger partial charge in [0.15, 0.2) is 0 Å². The zero-order valence-corrected chi connectivity index (χ0v) is 14.6. The Balaban J connectivity index is 2.12. The van der Waals surface area contributed by atoms with Gasteiger partial charge >= 0.3 is 0 Å². The number of nitrogens with zero attached hydrogens (tertiary/aromatic N) is 1. The number of benzene rings is 2. The van der Waals surface area contributed by atoms with E-state index in [1.807, 2.05) is 62.9 Å². The van der Waals surface area contributed by atoms with Crippen molar-refractivity contribution >= 4 is 17.5 Å². The lowest BCUT2D eigenvalue weighted by Gasteiger charge is -2.30. The van der Waals surface area contributed by atoms with Crippen LogP contribution >= 0.6 is 0 Å². The minimum atomic E-state index is -0.190. The predicted molar refractivity (Wildman–Crippen MR) is 97.3 cm³/mol. The van der Waals surface area contributed by atoms with Gasteiger partial charge in [0.1, 0.15) is 0 Å². The highest BCUT2D eigenvalue weighted by Gasteiger charge is 2.21. The molecule has 0 spiro atoms. The molecular formula is C20H24N2O2. The third-order valence-electron chi connectivity index (χ3n) is 3.77. The van der Waals surface area contributed by atoms with E-state index in [0.717, 1.165) is 5.69 Å². The Morgan fingerprint density at radius 1 is 0.792 bits per heavy atom. The summed E-state index contributed by atoms with van der Waals surface area (Å²) in [4.78, 5) is 26.7. The van der Waals surface area contributed by atoms with Gasteiger partial charge in [-0.1, -0.05) is 18.2 Å². The fourth-order valence-electron chi connectivity index (χ4n) is 2.70. The molecule has 2 amide bonds. The van der Waals surface area contributed by atoms with Crippen LogP contribution in [-0.4, -0.2) is 28.8 Å². The van der Waals surface area contributed by atoms with Crippen LogP contribution < -0.4 is 5.32 Å². The quantitative estimate of drug-likeness (QED) is 0.896. The van der Waals surface area contributed by atoms with Crippen molar-refractivity contribution in [2.45, 2.75) is 39.8 Å². The van der Waals surface area contributed by atoms with Gasteiger partial charge in [0.25, 0.3) is 11.8 Å². The Labute approximate surface area is 143 Å². The highest BCUT2D eigenvalue weighted by atomic mass is 16.2. The SMILES string of the molecule is CC(C)N(C(=O)c1ccc(C(=O)Nc2ccccc2)cc1)C(C)C. The summed E-state index contributed by atoms with van der Waals surface area (Å²) in [6.45, 7) is 8.00. The number of rotatable bonds is 5. The number of hydrogen-bond acceptors (Lipinski definition) is 2. The Bertz CT molecular complexity index is 683. The Morgan fingerprint density at radius 2 is 1.29 bits per heavy atom. The van der Waals surface area contributed by atoms with Gasteiger partial charge in [0.05, 0.1) is 0 Å². The van der Waals surface area contributed by atoms with Crippen LogP contribution in [0.4, 0.5) is 5.69 Å². The summed E-state index contributed by atoms with van der Waals surface area (Å²) in [5.74, 6) is -0.209. The molecule has 126 valence electrons. The van der Waals surface area contributed by atoms with Crippen molar-refractivity contribution in [1.29, 1.82) is 0 Å². The molecule has 0 radical (unpaired) electrons. The molecule has 0 heterocycles. The molecule has 1 N–H and O–H groups in total. The molecule has 0 atom stereocenters. The minimum absolute atomic E-state index is 0.0185. The molecule has 24 heavy (non-hydrogen) atoms. The molecule has 0 aromatic heterocycles. The smallest absolute Gasteiger partial charge is 0.255 e. The van der Waals surface area contributed by atoms with Gasteiger partial charge in [0, 0.05) is 28.9 Å². The lowest BCUT2D eigenvalue weighted by molar-refractivity contribution is 0.0643. The Hall–Kier alpha value is -2.62. The average molecular weight is 324 g/mol. The van der Waals surface area contributed by atoms with Crippen molar-refractivity contribution in [3.63, 3.8) is 0 Å². The van der Waals surface area contributed by atoms with Crippen molar-refractivity contribution in [2.24, 2.45) is 0 Å². The fourth-order valence-corrected chi connectivity index (χ4v) is 2.70. The topological polar surface area (TPSA) is 49.4 Å². The zero-order chi connectivity index (χ0) is 17.7. The van der Waals surface area contributed by atoms with Crippen LogP contribution in [0.3, 0.4) is 0 Å². The second-order valence-corrected chi connectivity index (χ2v) is 6.30. The van der Waals surface area contributed by atoms with Crippen LogP contribution in [-0.2, 0) is 0 Å². The van der Waals surface area contributed by atoms with E-state index in [1.54, 1.807) is 24.3 Å². The minimum Gasteiger partial charge on any atom is -0.334 e. The van der Waals surface area contributed by atoms with Crippen LogP contribution in [0.15, 0.2) is 54.6 Å². The molecule has 0 aliphatic heterocycles.